The van der Waals surface area contributed by atoms with Crippen molar-refractivity contribution in [3.8, 4) is 17.0 Å². The maximum atomic E-state index is 12.2. The molecule has 0 fully saturated rings. The summed E-state index contributed by atoms with van der Waals surface area (Å²) in [5.74, 6) is 0.409. The zero-order valence-electron chi connectivity index (χ0n) is 13.5. The molecule has 1 amide bonds. The van der Waals surface area contributed by atoms with Crippen LogP contribution < -0.4 is 5.32 Å². The van der Waals surface area contributed by atoms with Crippen LogP contribution in [-0.4, -0.2) is 21.0 Å². The van der Waals surface area contributed by atoms with Gasteiger partial charge >= 0.3 is 0 Å². The molecule has 0 aliphatic carbocycles. The number of halogens is 1. The number of phenols is 1. The van der Waals surface area contributed by atoms with E-state index in [-0.39, 0.29) is 18.1 Å². The average Bonchev–Trinajstić information content (AvgIpc) is 2.59. The van der Waals surface area contributed by atoms with Crippen LogP contribution in [0.3, 0.4) is 0 Å². The lowest BCUT2D eigenvalue weighted by Gasteiger charge is -2.08. The van der Waals surface area contributed by atoms with E-state index in [1.54, 1.807) is 30.5 Å². The highest BCUT2D eigenvalue weighted by atomic mass is 79.9. The molecule has 3 aromatic rings. The molecule has 0 atom stereocenters. The van der Waals surface area contributed by atoms with Gasteiger partial charge in [-0.1, -0.05) is 29.8 Å². The predicted octanol–water partition coefficient (Wildman–Crippen LogP) is 4.10. The van der Waals surface area contributed by atoms with Gasteiger partial charge in [-0.2, -0.15) is 0 Å². The van der Waals surface area contributed by atoms with Crippen molar-refractivity contribution < 1.29 is 9.90 Å². The highest BCUT2D eigenvalue weighted by Crippen LogP contribution is 2.24. The van der Waals surface area contributed by atoms with E-state index in [2.05, 4.69) is 31.2 Å². The van der Waals surface area contributed by atoms with Gasteiger partial charge in [-0.15, -0.1) is 0 Å². The van der Waals surface area contributed by atoms with Crippen LogP contribution in [0, 0.1) is 6.92 Å². The Morgan fingerprint density at radius 2 is 1.80 bits per heavy atom. The van der Waals surface area contributed by atoms with Gasteiger partial charge in [-0.3, -0.25) is 4.79 Å². The van der Waals surface area contributed by atoms with Crippen LogP contribution in [0.5, 0.6) is 5.75 Å². The Balaban J connectivity index is 1.71. The number of carbonyl (C=O) groups is 1. The van der Waals surface area contributed by atoms with Crippen molar-refractivity contribution >= 4 is 27.7 Å². The molecule has 2 N–H and O–H groups in total. The van der Waals surface area contributed by atoms with Crippen LogP contribution in [0.2, 0.25) is 0 Å². The predicted molar refractivity (Wildman–Crippen MR) is 100 cm³/mol. The minimum Gasteiger partial charge on any atom is -0.508 e. The van der Waals surface area contributed by atoms with E-state index in [4.69, 9.17) is 0 Å². The number of aryl methyl sites for hydroxylation is 1. The number of rotatable bonds is 4. The summed E-state index contributed by atoms with van der Waals surface area (Å²) in [6, 6.07) is 14.5. The van der Waals surface area contributed by atoms with Crippen molar-refractivity contribution in [3.63, 3.8) is 0 Å². The van der Waals surface area contributed by atoms with Gasteiger partial charge in [0.15, 0.2) is 5.82 Å². The molecule has 0 radical (unpaired) electrons. The fourth-order valence-electron chi connectivity index (χ4n) is 2.29. The first kappa shape index (κ1) is 17.1. The van der Waals surface area contributed by atoms with Crippen LogP contribution in [0.25, 0.3) is 11.3 Å². The van der Waals surface area contributed by atoms with Gasteiger partial charge < -0.3 is 10.4 Å². The van der Waals surface area contributed by atoms with Crippen LogP contribution in [-0.2, 0) is 11.2 Å². The molecule has 1 heterocycles. The molecule has 0 spiro atoms. The zero-order valence-corrected chi connectivity index (χ0v) is 15.1. The SMILES string of the molecule is Cc1ccc(CC(=O)Nc2ncc(-c3ccc(O)cc3)nc2Br)cc1. The second-order valence-corrected chi connectivity index (χ2v) is 6.40. The first-order valence-corrected chi connectivity index (χ1v) is 8.48. The maximum absolute atomic E-state index is 12.2. The molecule has 0 aliphatic rings. The number of phenolic OH excluding ortho intramolecular Hbond substituents is 1. The highest BCUT2D eigenvalue weighted by molar-refractivity contribution is 9.10. The van der Waals surface area contributed by atoms with E-state index in [1.165, 1.54) is 0 Å². The first-order chi connectivity index (χ1) is 12.0. The van der Waals surface area contributed by atoms with E-state index in [9.17, 15) is 9.90 Å². The van der Waals surface area contributed by atoms with Gasteiger partial charge in [0.2, 0.25) is 5.91 Å². The number of nitrogens with zero attached hydrogens (tertiary/aromatic N) is 2. The standard InChI is InChI=1S/C19H16BrN3O2/c1-12-2-4-13(5-3-12)10-17(25)23-19-18(20)22-16(11-21-19)14-6-8-15(24)9-7-14/h2-9,11,24H,10H2,1H3,(H,21,23,25). The summed E-state index contributed by atoms with van der Waals surface area (Å²) < 4.78 is 0.454. The zero-order chi connectivity index (χ0) is 17.8. The molecule has 6 heteroatoms. The van der Waals surface area contributed by atoms with E-state index in [0.29, 0.717) is 16.1 Å². The lowest BCUT2D eigenvalue weighted by atomic mass is 10.1. The van der Waals surface area contributed by atoms with E-state index in [1.807, 2.05) is 31.2 Å². The molecule has 0 saturated heterocycles. The normalized spacial score (nSPS) is 10.5. The van der Waals surface area contributed by atoms with Crippen LogP contribution >= 0.6 is 15.9 Å². The third-order valence-corrected chi connectivity index (χ3v) is 4.19. The fourth-order valence-corrected chi connectivity index (χ4v) is 2.68. The third-order valence-electron chi connectivity index (χ3n) is 3.64. The van der Waals surface area contributed by atoms with Crippen molar-refractivity contribution in [1.29, 1.82) is 0 Å². The smallest absolute Gasteiger partial charge is 0.230 e. The molecule has 3 rings (SSSR count). The second kappa shape index (κ2) is 7.44. The molecular weight excluding hydrogens is 382 g/mol. The van der Waals surface area contributed by atoms with Gasteiger partial charge in [0.25, 0.3) is 0 Å². The lowest BCUT2D eigenvalue weighted by Crippen LogP contribution is -2.16. The summed E-state index contributed by atoms with van der Waals surface area (Å²) in [6.45, 7) is 2.01. The van der Waals surface area contributed by atoms with Gasteiger partial charge in [-0.25, -0.2) is 9.97 Å². The fraction of sp³-hybridized carbons (Fsp3) is 0.105. The monoisotopic (exact) mass is 397 g/mol. The summed E-state index contributed by atoms with van der Waals surface area (Å²) in [7, 11) is 0. The largest absolute Gasteiger partial charge is 0.508 e. The molecule has 126 valence electrons. The van der Waals surface area contributed by atoms with Crippen LogP contribution in [0.1, 0.15) is 11.1 Å². The number of carbonyl (C=O) groups excluding carboxylic acids is 1. The molecule has 1 aromatic heterocycles. The molecular formula is C19H16BrN3O2. The Hall–Kier alpha value is -2.73. The number of nitrogens with one attached hydrogen (secondary N) is 1. The van der Waals surface area contributed by atoms with Crippen LogP contribution in [0.15, 0.2) is 59.3 Å². The summed E-state index contributed by atoms with van der Waals surface area (Å²) in [6.07, 6.45) is 1.85. The Kier molecular flexibility index (Phi) is 5.09. The number of aromatic nitrogens is 2. The number of hydrogen-bond acceptors (Lipinski definition) is 4. The second-order valence-electron chi connectivity index (χ2n) is 5.65. The molecule has 2 aromatic carbocycles. The van der Waals surface area contributed by atoms with Crippen LogP contribution in [0.4, 0.5) is 5.82 Å². The number of aromatic hydroxyl groups is 1. The van der Waals surface area contributed by atoms with Crippen molar-refractivity contribution in [3.05, 3.63) is 70.5 Å². The number of benzene rings is 2. The number of amides is 1. The molecule has 25 heavy (non-hydrogen) atoms. The van der Waals surface area contributed by atoms with Crippen molar-refractivity contribution in [2.45, 2.75) is 13.3 Å². The van der Waals surface area contributed by atoms with E-state index < -0.39 is 0 Å². The average molecular weight is 398 g/mol. The minimum absolute atomic E-state index is 0.156. The maximum Gasteiger partial charge on any atom is 0.230 e. The molecule has 0 unspecified atom stereocenters. The number of hydrogen-bond donors (Lipinski definition) is 2. The molecule has 0 bridgehead atoms. The molecule has 0 aliphatic heterocycles. The van der Waals surface area contributed by atoms with E-state index in [0.717, 1.165) is 16.7 Å². The Morgan fingerprint density at radius 1 is 1.12 bits per heavy atom. The Labute approximate surface area is 153 Å². The summed E-state index contributed by atoms with van der Waals surface area (Å²) in [5.41, 5.74) is 3.56. The molecule has 5 nitrogen and oxygen atoms in total. The third kappa shape index (κ3) is 4.42. The summed E-state index contributed by atoms with van der Waals surface area (Å²) >= 11 is 3.34. The van der Waals surface area contributed by atoms with Crippen molar-refractivity contribution in [2.24, 2.45) is 0 Å². The summed E-state index contributed by atoms with van der Waals surface area (Å²) in [5, 5.41) is 12.1. The topological polar surface area (TPSA) is 75.1 Å². The lowest BCUT2D eigenvalue weighted by molar-refractivity contribution is -0.115. The van der Waals surface area contributed by atoms with Gasteiger partial charge in [0, 0.05) is 5.56 Å². The van der Waals surface area contributed by atoms with Gasteiger partial charge in [0.1, 0.15) is 10.4 Å². The minimum atomic E-state index is -0.156. The van der Waals surface area contributed by atoms with E-state index >= 15 is 0 Å². The Morgan fingerprint density at radius 3 is 2.44 bits per heavy atom. The van der Waals surface area contributed by atoms with Crippen molar-refractivity contribution in [1.82, 2.24) is 9.97 Å². The first-order valence-electron chi connectivity index (χ1n) is 7.68. The quantitative estimate of drug-likeness (QED) is 0.694. The highest BCUT2D eigenvalue weighted by Gasteiger charge is 2.11. The number of anilines is 1. The van der Waals surface area contributed by atoms with Gasteiger partial charge in [0.05, 0.1) is 18.3 Å². The summed E-state index contributed by atoms with van der Waals surface area (Å²) in [4.78, 5) is 20.9. The van der Waals surface area contributed by atoms with Gasteiger partial charge in [-0.05, 0) is 52.7 Å². The van der Waals surface area contributed by atoms with Crippen molar-refractivity contribution in [2.75, 3.05) is 5.32 Å². The Bertz CT molecular complexity index is 894. The molecule has 0 saturated carbocycles.